The number of ether oxygens (including phenoxy) is 1. The SMILES string of the molecule is CNCC(C)C1CCCCN1C(=O)OC(C)(C)C. The van der Waals surface area contributed by atoms with Crippen molar-refractivity contribution in [1.29, 1.82) is 0 Å². The van der Waals surface area contributed by atoms with Gasteiger partial charge < -0.3 is 15.0 Å². The highest BCUT2D eigenvalue weighted by Crippen LogP contribution is 2.25. The van der Waals surface area contributed by atoms with E-state index in [4.69, 9.17) is 4.74 Å². The van der Waals surface area contributed by atoms with Crippen molar-refractivity contribution in [3.63, 3.8) is 0 Å². The molecule has 1 fully saturated rings. The standard InChI is InChI=1S/C14H28N2O2/c1-11(10-15-5)12-8-6-7-9-16(12)13(17)18-14(2,3)4/h11-12,15H,6-10H2,1-5H3. The number of likely N-dealkylation sites (tertiary alicyclic amines) is 1. The number of carbonyl (C=O) groups is 1. The third-order valence-electron chi connectivity index (χ3n) is 3.36. The van der Waals surface area contributed by atoms with Gasteiger partial charge in [0.15, 0.2) is 0 Å². The van der Waals surface area contributed by atoms with Crippen LogP contribution in [0.3, 0.4) is 0 Å². The van der Waals surface area contributed by atoms with E-state index in [-0.39, 0.29) is 6.09 Å². The highest BCUT2D eigenvalue weighted by molar-refractivity contribution is 5.68. The first kappa shape index (κ1) is 15.3. The van der Waals surface area contributed by atoms with Crippen LogP contribution in [0.5, 0.6) is 0 Å². The largest absolute Gasteiger partial charge is 0.444 e. The second-order valence-corrected chi connectivity index (χ2v) is 6.27. The molecule has 4 heteroatoms. The Morgan fingerprint density at radius 3 is 2.67 bits per heavy atom. The van der Waals surface area contributed by atoms with E-state index in [2.05, 4.69) is 12.2 Å². The number of rotatable bonds is 3. The Kier molecular flexibility index (Phi) is 5.45. The summed E-state index contributed by atoms with van der Waals surface area (Å²) in [4.78, 5) is 14.1. The van der Waals surface area contributed by atoms with Gasteiger partial charge >= 0.3 is 6.09 Å². The molecule has 1 amide bonds. The highest BCUT2D eigenvalue weighted by Gasteiger charge is 2.33. The number of piperidine rings is 1. The molecule has 0 aromatic heterocycles. The van der Waals surface area contributed by atoms with E-state index in [1.54, 1.807) is 0 Å². The van der Waals surface area contributed by atoms with Crippen LogP contribution in [0.2, 0.25) is 0 Å². The molecule has 2 unspecified atom stereocenters. The maximum atomic E-state index is 12.2. The number of amides is 1. The van der Waals surface area contributed by atoms with Gasteiger partial charge in [0.2, 0.25) is 0 Å². The van der Waals surface area contributed by atoms with Gasteiger partial charge in [0.25, 0.3) is 0 Å². The summed E-state index contributed by atoms with van der Waals surface area (Å²) in [6.45, 7) is 9.71. The Morgan fingerprint density at radius 1 is 1.44 bits per heavy atom. The summed E-state index contributed by atoms with van der Waals surface area (Å²) in [5.41, 5.74) is -0.411. The molecule has 106 valence electrons. The van der Waals surface area contributed by atoms with E-state index in [1.807, 2.05) is 32.7 Å². The molecule has 18 heavy (non-hydrogen) atoms. The zero-order valence-electron chi connectivity index (χ0n) is 12.5. The summed E-state index contributed by atoms with van der Waals surface area (Å²) in [6, 6.07) is 0.307. The summed E-state index contributed by atoms with van der Waals surface area (Å²) >= 11 is 0. The average Bonchev–Trinajstić information content (AvgIpc) is 2.27. The molecule has 0 aliphatic carbocycles. The maximum Gasteiger partial charge on any atom is 0.410 e. The van der Waals surface area contributed by atoms with Gasteiger partial charge in [0, 0.05) is 12.6 Å². The molecule has 1 saturated heterocycles. The number of carbonyl (C=O) groups excluding carboxylic acids is 1. The Hall–Kier alpha value is -0.770. The molecular formula is C14H28N2O2. The second-order valence-electron chi connectivity index (χ2n) is 6.27. The first-order valence-corrected chi connectivity index (χ1v) is 6.99. The van der Waals surface area contributed by atoms with E-state index < -0.39 is 5.60 Å². The molecular weight excluding hydrogens is 228 g/mol. The fourth-order valence-electron chi connectivity index (χ4n) is 2.55. The minimum Gasteiger partial charge on any atom is -0.444 e. The third-order valence-corrected chi connectivity index (χ3v) is 3.36. The molecule has 0 aromatic carbocycles. The van der Waals surface area contributed by atoms with Gasteiger partial charge in [0.05, 0.1) is 0 Å². The summed E-state index contributed by atoms with van der Waals surface area (Å²) < 4.78 is 5.50. The first-order chi connectivity index (χ1) is 8.35. The van der Waals surface area contributed by atoms with E-state index in [0.717, 1.165) is 25.9 Å². The number of nitrogens with zero attached hydrogens (tertiary/aromatic N) is 1. The first-order valence-electron chi connectivity index (χ1n) is 6.99. The minimum absolute atomic E-state index is 0.157. The van der Waals surface area contributed by atoms with Crippen molar-refractivity contribution >= 4 is 6.09 Å². The van der Waals surface area contributed by atoms with Crippen LogP contribution in [0, 0.1) is 5.92 Å². The fourth-order valence-corrected chi connectivity index (χ4v) is 2.55. The topological polar surface area (TPSA) is 41.6 Å². The van der Waals surface area contributed by atoms with Crippen LogP contribution in [0.15, 0.2) is 0 Å². The van der Waals surface area contributed by atoms with Gasteiger partial charge in [-0.1, -0.05) is 6.92 Å². The molecule has 1 heterocycles. The van der Waals surface area contributed by atoms with E-state index in [9.17, 15) is 4.79 Å². The summed E-state index contributed by atoms with van der Waals surface area (Å²) in [5.74, 6) is 0.461. The smallest absolute Gasteiger partial charge is 0.410 e. The Bertz CT molecular complexity index is 273. The van der Waals surface area contributed by atoms with Gasteiger partial charge in [-0.2, -0.15) is 0 Å². The highest BCUT2D eigenvalue weighted by atomic mass is 16.6. The summed E-state index contributed by atoms with van der Waals surface area (Å²) in [6.07, 6.45) is 3.22. The van der Waals surface area contributed by atoms with Crippen LogP contribution in [0.4, 0.5) is 4.79 Å². The van der Waals surface area contributed by atoms with Gasteiger partial charge in [0.1, 0.15) is 5.60 Å². The van der Waals surface area contributed by atoms with Crippen molar-refractivity contribution in [1.82, 2.24) is 10.2 Å². The predicted octanol–water partition coefficient (Wildman–Crippen LogP) is 2.63. The molecule has 1 rings (SSSR count). The number of nitrogens with one attached hydrogen (secondary N) is 1. The zero-order valence-corrected chi connectivity index (χ0v) is 12.5. The van der Waals surface area contributed by atoms with Gasteiger partial charge in [-0.05, 0) is 59.5 Å². The number of hydrogen-bond donors (Lipinski definition) is 1. The zero-order chi connectivity index (χ0) is 13.8. The molecule has 1 N–H and O–H groups in total. The quantitative estimate of drug-likeness (QED) is 0.844. The summed E-state index contributed by atoms with van der Waals surface area (Å²) in [5, 5.41) is 3.19. The van der Waals surface area contributed by atoms with Crippen molar-refractivity contribution < 1.29 is 9.53 Å². The maximum absolute atomic E-state index is 12.2. The Labute approximate surface area is 111 Å². The van der Waals surface area contributed by atoms with Gasteiger partial charge in [-0.15, -0.1) is 0 Å². The van der Waals surface area contributed by atoms with Crippen molar-refractivity contribution in [3.05, 3.63) is 0 Å². The molecule has 2 atom stereocenters. The summed E-state index contributed by atoms with van der Waals surface area (Å²) in [7, 11) is 1.96. The lowest BCUT2D eigenvalue weighted by Crippen LogP contribution is -2.50. The molecule has 4 nitrogen and oxygen atoms in total. The second kappa shape index (κ2) is 6.41. The molecule has 0 bridgehead atoms. The Morgan fingerprint density at radius 2 is 2.11 bits per heavy atom. The lowest BCUT2D eigenvalue weighted by Gasteiger charge is -2.39. The molecule has 0 aromatic rings. The van der Waals surface area contributed by atoms with Crippen LogP contribution in [-0.2, 0) is 4.74 Å². The normalized spacial score (nSPS) is 22.7. The molecule has 1 aliphatic rings. The van der Waals surface area contributed by atoms with Crippen molar-refractivity contribution in [3.8, 4) is 0 Å². The lowest BCUT2D eigenvalue weighted by molar-refractivity contribution is 0.00280. The van der Waals surface area contributed by atoms with Crippen LogP contribution in [0.1, 0.15) is 47.0 Å². The molecule has 0 spiro atoms. The average molecular weight is 256 g/mol. The lowest BCUT2D eigenvalue weighted by atomic mass is 9.92. The Balaban J connectivity index is 2.67. The van der Waals surface area contributed by atoms with Crippen LogP contribution in [0.25, 0.3) is 0 Å². The van der Waals surface area contributed by atoms with Crippen LogP contribution >= 0.6 is 0 Å². The molecule has 1 aliphatic heterocycles. The molecule has 0 saturated carbocycles. The van der Waals surface area contributed by atoms with Crippen LogP contribution < -0.4 is 5.32 Å². The van der Waals surface area contributed by atoms with Gasteiger partial charge in [-0.25, -0.2) is 4.79 Å². The number of hydrogen-bond acceptors (Lipinski definition) is 3. The third kappa shape index (κ3) is 4.48. The molecule has 0 radical (unpaired) electrons. The van der Waals surface area contributed by atoms with Crippen molar-refractivity contribution in [2.24, 2.45) is 5.92 Å². The van der Waals surface area contributed by atoms with Gasteiger partial charge in [-0.3, -0.25) is 0 Å². The van der Waals surface area contributed by atoms with Crippen molar-refractivity contribution in [2.75, 3.05) is 20.1 Å². The van der Waals surface area contributed by atoms with Crippen LogP contribution in [-0.4, -0.2) is 42.8 Å². The predicted molar refractivity (Wildman–Crippen MR) is 73.7 cm³/mol. The van der Waals surface area contributed by atoms with E-state index in [0.29, 0.717) is 12.0 Å². The van der Waals surface area contributed by atoms with E-state index in [1.165, 1.54) is 6.42 Å². The minimum atomic E-state index is -0.411. The fraction of sp³-hybridized carbons (Fsp3) is 0.929. The van der Waals surface area contributed by atoms with Crippen molar-refractivity contribution in [2.45, 2.75) is 58.6 Å². The van der Waals surface area contributed by atoms with E-state index >= 15 is 0 Å². The monoisotopic (exact) mass is 256 g/mol.